The molecule has 0 saturated carbocycles. The summed E-state index contributed by atoms with van der Waals surface area (Å²) in [4.78, 5) is 18.5. The molecule has 0 bridgehead atoms. The largest absolute Gasteiger partial charge is 0.303 e. The van der Waals surface area contributed by atoms with E-state index >= 15 is 0 Å². The van der Waals surface area contributed by atoms with Crippen LogP contribution in [0.5, 0.6) is 0 Å². The first-order valence-electron chi connectivity index (χ1n) is 7.73. The molecule has 0 aliphatic rings. The molecule has 0 heterocycles. The van der Waals surface area contributed by atoms with Gasteiger partial charge in [-0.2, -0.15) is 0 Å². The van der Waals surface area contributed by atoms with Crippen molar-refractivity contribution in [3.8, 4) is 0 Å². The number of nitrogens with zero attached hydrogens (tertiary/aromatic N) is 3. The van der Waals surface area contributed by atoms with Crippen LogP contribution in [0.2, 0.25) is 0 Å². The Bertz CT molecular complexity index is 209. The first-order valence-corrected chi connectivity index (χ1v) is 7.73. The predicted octanol–water partition coefficient (Wildman–Crippen LogP) is 1.56. The first kappa shape index (κ1) is 18.6. The van der Waals surface area contributed by atoms with Crippen molar-refractivity contribution >= 4 is 5.78 Å². The Morgan fingerprint density at radius 3 is 1.26 bits per heavy atom. The predicted molar refractivity (Wildman–Crippen MR) is 82.7 cm³/mol. The zero-order valence-corrected chi connectivity index (χ0v) is 13.6. The van der Waals surface area contributed by atoms with Crippen molar-refractivity contribution in [3.63, 3.8) is 0 Å². The zero-order valence-electron chi connectivity index (χ0n) is 13.6. The Labute approximate surface area is 119 Å². The van der Waals surface area contributed by atoms with Gasteiger partial charge < -0.3 is 9.80 Å². The van der Waals surface area contributed by atoms with Crippen LogP contribution in [0.4, 0.5) is 0 Å². The number of Topliss-reactive ketones (excluding diaryl/α,β-unsaturated/α-hetero) is 1. The fourth-order valence-corrected chi connectivity index (χ4v) is 2.23. The lowest BCUT2D eigenvalue weighted by Crippen LogP contribution is -2.41. The van der Waals surface area contributed by atoms with Crippen LogP contribution in [0.15, 0.2) is 0 Å². The molecule has 0 N–H and O–H groups in total. The minimum absolute atomic E-state index is 0.263. The normalized spacial score (nSPS) is 11.8. The molecule has 0 amide bonds. The standard InChI is InChI=1S/C15H33N3O/c1-6-16(7-2)10-12-18(14-15(5)19)13-11-17(8-3)9-4/h6-14H2,1-5H3. The summed E-state index contributed by atoms with van der Waals surface area (Å²) in [6, 6.07) is 0. The summed E-state index contributed by atoms with van der Waals surface area (Å²) in [5, 5.41) is 0. The molecular formula is C15H33N3O. The molecule has 0 aromatic heterocycles. The number of rotatable bonds is 12. The maximum absolute atomic E-state index is 11.4. The Hall–Kier alpha value is -0.450. The van der Waals surface area contributed by atoms with Crippen molar-refractivity contribution in [2.45, 2.75) is 34.6 Å². The van der Waals surface area contributed by atoms with Gasteiger partial charge in [0.05, 0.1) is 6.54 Å². The Kier molecular flexibility index (Phi) is 11.1. The van der Waals surface area contributed by atoms with Gasteiger partial charge in [-0.25, -0.2) is 0 Å². The second-order valence-corrected chi connectivity index (χ2v) is 5.03. The van der Waals surface area contributed by atoms with E-state index in [2.05, 4.69) is 42.4 Å². The second kappa shape index (κ2) is 11.4. The van der Waals surface area contributed by atoms with Gasteiger partial charge in [-0.1, -0.05) is 27.7 Å². The van der Waals surface area contributed by atoms with E-state index < -0.39 is 0 Å². The molecule has 0 rings (SSSR count). The fraction of sp³-hybridized carbons (Fsp3) is 0.933. The van der Waals surface area contributed by atoms with Crippen molar-refractivity contribution in [1.29, 1.82) is 0 Å². The summed E-state index contributed by atoms with van der Waals surface area (Å²) in [5.41, 5.74) is 0. The lowest BCUT2D eigenvalue weighted by molar-refractivity contribution is -0.118. The number of hydrogen-bond acceptors (Lipinski definition) is 4. The molecule has 0 aliphatic heterocycles. The van der Waals surface area contributed by atoms with Crippen molar-refractivity contribution in [1.82, 2.24) is 14.7 Å². The number of carbonyl (C=O) groups is 1. The van der Waals surface area contributed by atoms with Gasteiger partial charge in [0.1, 0.15) is 5.78 Å². The second-order valence-electron chi connectivity index (χ2n) is 5.03. The van der Waals surface area contributed by atoms with E-state index in [0.29, 0.717) is 6.54 Å². The number of carbonyl (C=O) groups excluding carboxylic acids is 1. The highest BCUT2D eigenvalue weighted by Crippen LogP contribution is 1.95. The summed E-state index contributed by atoms with van der Waals surface area (Å²) in [5.74, 6) is 0.263. The van der Waals surface area contributed by atoms with E-state index in [1.54, 1.807) is 6.92 Å². The third-order valence-electron chi connectivity index (χ3n) is 3.70. The van der Waals surface area contributed by atoms with Crippen molar-refractivity contribution in [2.24, 2.45) is 0 Å². The molecular weight excluding hydrogens is 238 g/mol. The SMILES string of the molecule is CCN(CC)CCN(CCN(CC)CC)CC(C)=O. The van der Waals surface area contributed by atoms with Crippen LogP contribution in [0.25, 0.3) is 0 Å². The summed E-state index contributed by atoms with van der Waals surface area (Å²) in [7, 11) is 0. The topological polar surface area (TPSA) is 26.8 Å². The Morgan fingerprint density at radius 1 is 0.684 bits per heavy atom. The van der Waals surface area contributed by atoms with Gasteiger partial charge in [0.25, 0.3) is 0 Å². The smallest absolute Gasteiger partial charge is 0.143 e. The van der Waals surface area contributed by atoms with Crippen LogP contribution >= 0.6 is 0 Å². The van der Waals surface area contributed by atoms with E-state index in [9.17, 15) is 4.79 Å². The van der Waals surface area contributed by atoms with Gasteiger partial charge in [-0.05, 0) is 33.1 Å². The van der Waals surface area contributed by atoms with Gasteiger partial charge in [0.2, 0.25) is 0 Å². The molecule has 0 aromatic carbocycles. The Morgan fingerprint density at radius 2 is 1.00 bits per heavy atom. The van der Waals surface area contributed by atoms with Gasteiger partial charge in [0.15, 0.2) is 0 Å². The van der Waals surface area contributed by atoms with E-state index in [1.807, 2.05) is 0 Å². The molecule has 0 spiro atoms. The molecule has 4 nitrogen and oxygen atoms in total. The lowest BCUT2D eigenvalue weighted by Gasteiger charge is -2.28. The maximum atomic E-state index is 11.4. The fourth-order valence-electron chi connectivity index (χ4n) is 2.23. The van der Waals surface area contributed by atoms with E-state index in [1.165, 1.54) is 0 Å². The average molecular weight is 271 g/mol. The minimum Gasteiger partial charge on any atom is -0.303 e. The number of ketones is 1. The minimum atomic E-state index is 0.263. The lowest BCUT2D eigenvalue weighted by atomic mass is 10.3. The van der Waals surface area contributed by atoms with Gasteiger partial charge in [-0.15, -0.1) is 0 Å². The van der Waals surface area contributed by atoms with Crippen LogP contribution in [-0.4, -0.2) is 79.4 Å². The average Bonchev–Trinajstić information content (AvgIpc) is 2.40. The zero-order chi connectivity index (χ0) is 14.7. The van der Waals surface area contributed by atoms with Gasteiger partial charge >= 0.3 is 0 Å². The molecule has 0 aromatic rings. The van der Waals surface area contributed by atoms with Crippen LogP contribution < -0.4 is 0 Å². The van der Waals surface area contributed by atoms with Crippen LogP contribution in [-0.2, 0) is 4.79 Å². The van der Waals surface area contributed by atoms with Crippen molar-refractivity contribution in [3.05, 3.63) is 0 Å². The first-order chi connectivity index (χ1) is 9.07. The molecule has 4 heteroatoms. The molecule has 0 radical (unpaired) electrons. The highest BCUT2D eigenvalue weighted by atomic mass is 16.1. The summed E-state index contributed by atoms with van der Waals surface area (Å²) in [6.45, 7) is 19.4. The van der Waals surface area contributed by atoms with Crippen LogP contribution in [0.1, 0.15) is 34.6 Å². The summed E-state index contributed by atoms with van der Waals surface area (Å²) >= 11 is 0. The molecule has 0 fully saturated rings. The van der Waals surface area contributed by atoms with Gasteiger partial charge in [-0.3, -0.25) is 9.69 Å². The molecule has 19 heavy (non-hydrogen) atoms. The third-order valence-corrected chi connectivity index (χ3v) is 3.70. The van der Waals surface area contributed by atoms with E-state index in [0.717, 1.165) is 52.4 Å². The van der Waals surface area contributed by atoms with Crippen LogP contribution in [0.3, 0.4) is 0 Å². The van der Waals surface area contributed by atoms with Gasteiger partial charge in [0, 0.05) is 26.2 Å². The summed E-state index contributed by atoms with van der Waals surface area (Å²) < 4.78 is 0. The molecule has 0 unspecified atom stereocenters. The van der Waals surface area contributed by atoms with Crippen molar-refractivity contribution < 1.29 is 4.79 Å². The summed E-state index contributed by atoms with van der Waals surface area (Å²) in [6.07, 6.45) is 0. The highest BCUT2D eigenvalue weighted by molar-refractivity contribution is 5.77. The van der Waals surface area contributed by atoms with E-state index in [-0.39, 0.29) is 5.78 Å². The molecule has 0 atom stereocenters. The molecule has 114 valence electrons. The molecule has 0 aliphatic carbocycles. The highest BCUT2D eigenvalue weighted by Gasteiger charge is 2.10. The third kappa shape index (κ3) is 9.14. The van der Waals surface area contributed by atoms with Crippen LogP contribution in [0, 0.1) is 0 Å². The monoisotopic (exact) mass is 271 g/mol. The van der Waals surface area contributed by atoms with E-state index in [4.69, 9.17) is 0 Å². The number of likely N-dealkylation sites (N-methyl/N-ethyl adjacent to an activating group) is 2. The maximum Gasteiger partial charge on any atom is 0.143 e. The number of hydrogen-bond donors (Lipinski definition) is 0. The molecule has 0 saturated heterocycles. The Balaban J connectivity index is 4.18. The van der Waals surface area contributed by atoms with Crippen molar-refractivity contribution in [2.75, 3.05) is 58.9 Å². The quantitative estimate of drug-likeness (QED) is 0.538.